The van der Waals surface area contributed by atoms with Gasteiger partial charge >= 0.3 is 5.97 Å². The molecule has 2 aromatic carbocycles. The van der Waals surface area contributed by atoms with Crippen molar-refractivity contribution in [2.75, 3.05) is 10.8 Å². The lowest BCUT2D eigenvalue weighted by Crippen LogP contribution is -2.31. The summed E-state index contributed by atoms with van der Waals surface area (Å²) in [5.74, 6) is -1.08. The van der Waals surface area contributed by atoms with E-state index in [4.69, 9.17) is 16.3 Å². The largest absolute Gasteiger partial charge is 0.451 e. The van der Waals surface area contributed by atoms with E-state index >= 15 is 0 Å². The van der Waals surface area contributed by atoms with E-state index in [-0.39, 0.29) is 22.8 Å². The maximum absolute atomic E-state index is 13.2. The van der Waals surface area contributed by atoms with Gasteiger partial charge in [0, 0.05) is 5.02 Å². The number of ether oxygens (including phenoxy) is 1. The third-order valence-electron chi connectivity index (χ3n) is 3.92. The zero-order valence-corrected chi connectivity index (χ0v) is 17.0. The molecule has 0 unspecified atom stereocenters. The number of ketones is 1. The smallest absolute Gasteiger partial charge is 0.338 e. The normalized spacial score (nSPS) is 12.1. The first-order valence-electron chi connectivity index (χ1n) is 8.37. The highest BCUT2D eigenvalue weighted by molar-refractivity contribution is 7.92. The SMILES string of the molecule is C=CCN(c1ccc(Cl)cc1)S(=O)(=O)c1cccc(C(=O)O[C@@H](C)C(C)=O)c1. The number of carbonyl (C=O) groups is 2. The molecule has 0 aliphatic carbocycles. The molecule has 0 radical (unpaired) electrons. The summed E-state index contributed by atoms with van der Waals surface area (Å²) in [6.45, 7) is 6.39. The van der Waals surface area contributed by atoms with E-state index in [0.717, 1.165) is 4.31 Å². The number of carbonyl (C=O) groups excluding carboxylic acids is 2. The number of anilines is 1. The Kier molecular flexibility index (Phi) is 6.99. The fourth-order valence-corrected chi connectivity index (χ4v) is 3.90. The number of esters is 1. The summed E-state index contributed by atoms with van der Waals surface area (Å²) in [5.41, 5.74) is 0.436. The molecule has 148 valence electrons. The van der Waals surface area contributed by atoms with Gasteiger partial charge in [-0.15, -0.1) is 6.58 Å². The maximum atomic E-state index is 13.2. The lowest BCUT2D eigenvalue weighted by atomic mass is 10.2. The van der Waals surface area contributed by atoms with E-state index in [1.165, 1.54) is 44.2 Å². The number of halogens is 1. The van der Waals surface area contributed by atoms with Gasteiger partial charge in [0.1, 0.15) is 0 Å². The average molecular weight is 422 g/mol. The van der Waals surface area contributed by atoms with Crippen LogP contribution in [-0.2, 0) is 19.6 Å². The molecule has 0 amide bonds. The molecule has 0 aromatic heterocycles. The Balaban J connectivity index is 2.40. The van der Waals surface area contributed by atoms with Crippen LogP contribution in [0.2, 0.25) is 5.02 Å². The minimum atomic E-state index is -3.99. The highest BCUT2D eigenvalue weighted by Crippen LogP contribution is 2.26. The van der Waals surface area contributed by atoms with Crippen LogP contribution in [0.1, 0.15) is 24.2 Å². The molecule has 0 aliphatic rings. The van der Waals surface area contributed by atoms with E-state index in [0.29, 0.717) is 10.7 Å². The Bertz CT molecular complexity index is 986. The number of hydrogen-bond acceptors (Lipinski definition) is 5. The van der Waals surface area contributed by atoms with Crippen LogP contribution in [0.3, 0.4) is 0 Å². The molecule has 6 nitrogen and oxygen atoms in total. The Labute approximate surface area is 169 Å². The summed E-state index contributed by atoms with van der Waals surface area (Å²) in [4.78, 5) is 23.4. The number of rotatable bonds is 8. The van der Waals surface area contributed by atoms with E-state index < -0.39 is 22.1 Å². The van der Waals surface area contributed by atoms with Gasteiger partial charge in [0.15, 0.2) is 11.9 Å². The van der Waals surface area contributed by atoms with Crippen molar-refractivity contribution < 1.29 is 22.7 Å². The van der Waals surface area contributed by atoms with Gasteiger partial charge in [0.25, 0.3) is 10.0 Å². The molecule has 0 saturated carbocycles. The Hall–Kier alpha value is -2.64. The highest BCUT2D eigenvalue weighted by Gasteiger charge is 2.25. The standard InChI is InChI=1S/C20H20ClNO5S/c1-4-12-22(18-10-8-17(21)9-11-18)28(25,26)19-7-5-6-16(13-19)20(24)27-15(3)14(2)23/h4-11,13,15H,1,12H2,2-3H3/t15-/m0/s1. The average Bonchev–Trinajstić information content (AvgIpc) is 2.66. The molecular weight excluding hydrogens is 402 g/mol. The minimum absolute atomic E-state index is 0.0278. The zero-order valence-electron chi connectivity index (χ0n) is 15.5. The van der Waals surface area contributed by atoms with Gasteiger partial charge in [0.2, 0.25) is 0 Å². The van der Waals surface area contributed by atoms with Crippen LogP contribution in [-0.4, -0.2) is 32.8 Å². The van der Waals surface area contributed by atoms with Crippen LogP contribution in [0.25, 0.3) is 0 Å². The second-order valence-corrected chi connectivity index (χ2v) is 8.29. The van der Waals surface area contributed by atoms with Gasteiger partial charge in [0.05, 0.1) is 22.7 Å². The molecule has 1 atom stereocenters. The molecule has 0 N–H and O–H groups in total. The first kappa shape index (κ1) is 21.7. The first-order chi connectivity index (χ1) is 13.2. The second-order valence-electron chi connectivity index (χ2n) is 5.99. The van der Waals surface area contributed by atoms with Crippen molar-refractivity contribution in [2.24, 2.45) is 0 Å². The van der Waals surface area contributed by atoms with E-state index in [1.54, 1.807) is 24.3 Å². The van der Waals surface area contributed by atoms with Crippen LogP contribution in [0.5, 0.6) is 0 Å². The number of sulfonamides is 1. The van der Waals surface area contributed by atoms with Gasteiger partial charge < -0.3 is 4.74 Å². The molecular formula is C20H20ClNO5S. The third kappa shape index (κ3) is 4.99. The number of benzene rings is 2. The van der Waals surface area contributed by atoms with Crippen LogP contribution >= 0.6 is 11.6 Å². The Morgan fingerprint density at radius 2 is 1.86 bits per heavy atom. The minimum Gasteiger partial charge on any atom is -0.451 e. The number of Topliss-reactive ketones (excluding diaryl/α,β-unsaturated/α-hetero) is 1. The van der Waals surface area contributed by atoms with Crippen molar-refractivity contribution >= 4 is 39.1 Å². The van der Waals surface area contributed by atoms with Crippen molar-refractivity contribution in [2.45, 2.75) is 24.8 Å². The lowest BCUT2D eigenvalue weighted by molar-refractivity contribution is -0.124. The first-order valence-corrected chi connectivity index (χ1v) is 10.2. The molecule has 0 spiro atoms. The van der Waals surface area contributed by atoms with Gasteiger partial charge in [-0.2, -0.15) is 0 Å². The van der Waals surface area contributed by atoms with Gasteiger partial charge in [-0.05, 0) is 56.3 Å². The van der Waals surface area contributed by atoms with E-state index in [2.05, 4.69) is 6.58 Å². The molecule has 0 fully saturated rings. The molecule has 0 aliphatic heterocycles. The van der Waals surface area contributed by atoms with Crippen LogP contribution in [0.4, 0.5) is 5.69 Å². The third-order valence-corrected chi connectivity index (χ3v) is 5.97. The zero-order chi connectivity index (χ0) is 20.9. The fraction of sp³-hybridized carbons (Fsp3) is 0.200. The van der Waals surface area contributed by atoms with Crippen LogP contribution in [0, 0.1) is 0 Å². The summed E-state index contributed by atoms with van der Waals surface area (Å²) in [5, 5.41) is 0.476. The van der Waals surface area contributed by atoms with E-state index in [1.807, 2.05) is 0 Å². The van der Waals surface area contributed by atoms with Gasteiger partial charge in [-0.25, -0.2) is 13.2 Å². The molecule has 0 saturated heterocycles. The Morgan fingerprint density at radius 1 is 1.21 bits per heavy atom. The van der Waals surface area contributed by atoms with Crippen molar-refractivity contribution in [3.05, 3.63) is 71.8 Å². The van der Waals surface area contributed by atoms with Gasteiger partial charge in [-0.3, -0.25) is 9.10 Å². The number of nitrogens with zero attached hydrogens (tertiary/aromatic N) is 1. The van der Waals surface area contributed by atoms with Crippen LogP contribution in [0.15, 0.2) is 66.1 Å². The second kappa shape index (κ2) is 9.03. The highest BCUT2D eigenvalue weighted by atomic mass is 35.5. The predicted octanol–water partition coefficient (Wildman–Crippen LogP) is 3.86. The molecule has 8 heteroatoms. The van der Waals surface area contributed by atoms with Crippen molar-refractivity contribution in [1.29, 1.82) is 0 Å². The summed E-state index contributed by atoms with van der Waals surface area (Å²) in [6.07, 6.45) is 0.540. The van der Waals surface area contributed by atoms with Crippen molar-refractivity contribution in [1.82, 2.24) is 0 Å². The molecule has 2 rings (SSSR count). The van der Waals surface area contributed by atoms with Crippen LogP contribution < -0.4 is 4.31 Å². The van der Waals surface area contributed by atoms with Gasteiger partial charge in [-0.1, -0.05) is 23.7 Å². The predicted molar refractivity (Wildman–Crippen MR) is 108 cm³/mol. The fourth-order valence-electron chi connectivity index (χ4n) is 2.29. The monoisotopic (exact) mass is 421 g/mol. The van der Waals surface area contributed by atoms with E-state index in [9.17, 15) is 18.0 Å². The topological polar surface area (TPSA) is 80.8 Å². The summed E-state index contributed by atoms with van der Waals surface area (Å²) in [6, 6.07) is 11.8. The Morgan fingerprint density at radius 3 is 2.43 bits per heavy atom. The van der Waals surface area contributed by atoms with Crippen molar-refractivity contribution in [3.8, 4) is 0 Å². The van der Waals surface area contributed by atoms with Crippen molar-refractivity contribution in [3.63, 3.8) is 0 Å². The summed E-state index contributed by atoms with van der Waals surface area (Å²) in [7, 11) is -3.99. The quantitative estimate of drug-likeness (QED) is 0.477. The maximum Gasteiger partial charge on any atom is 0.338 e. The molecule has 28 heavy (non-hydrogen) atoms. The molecule has 0 heterocycles. The summed E-state index contributed by atoms with van der Waals surface area (Å²) >= 11 is 5.88. The molecule has 0 bridgehead atoms. The molecule has 2 aromatic rings. The summed E-state index contributed by atoms with van der Waals surface area (Å²) < 4.78 is 32.5. The number of hydrogen-bond donors (Lipinski definition) is 0. The lowest BCUT2D eigenvalue weighted by Gasteiger charge is -2.23.